The molecule has 5 nitrogen and oxygen atoms in total. The zero-order valence-corrected chi connectivity index (χ0v) is 12.2. The van der Waals surface area contributed by atoms with Gasteiger partial charge in [0.2, 0.25) is 0 Å². The van der Waals surface area contributed by atoms with Crippen molar-refractivity contribution in [3.8, 4) is 5.75 Å². The summed E-state index contributed by atoms with van der Waals surface area (Å²) in [6.07, 6.45) is 1.67. The number of aliphatic imine (C=N–C) groups is 1. The number of hydrogen-bond acceptors (Lipinski definition) is 5. The molecule has 0 fully saturated rings. The zero-order valence-electron chi connectivity index (χ0n) is 12.2. The van der Waals surface area contributed by atoms with Gasteiger partial charge in [0.25, 0.3) is 0 Å². The summed E-state index contributed by atoms with van der Waals surface area (Å²) in [5, 5.41) is 10.2. The first-order chi connectivity index (χ1) is 10.1. The van der Waals surface area contributed by atoms with Crippen LogP contribution >= 0.6 is 0 Å². The molecule has 0 radical (unpaired) electrons. The Bertz CT molecular complexity index is 656. The maximum atomic E-state index is 11.8. The Balaban J connectivity index is 2.42. The van der Waals surface area contributed by atoms with E-state index in [4.69, 9.17) is 9.47 Å². The minimum absolute atomic E-state index is 0.109. The molecule has 0 saturated carbocycles. The molecular weight excluding hydrogens is 270 g/mol. The second-order valence-electron chi connectivity index (χ2n) is 4.41. The predicted octanol–water partition coefficient (Wildman–Crippen LogP) is 2.89. The molecule has 1 aromatic rings. The van der Waals surface area contributed by atoms with Crippen molar-refractivity contribution >= 4 is 17.8 Å². The van der Waals surface area contributed by atoms with Crippen LogP contribution in [0.3, 0.4) is 0 Å². The lowest BCUT2D eigenvalue weighted by Crippen LogP contribution is -2.13. The highest BCUT2D eigenvalue weighted by Gasteiger charge is 2.27. The van der Waals surface area contributed by atoms with Gasteiger partial charge < -0.3 is 14.6 Å². The molecule has 5 heteroatoms. The molecule has 2 rings (SSSR count). The van der Waals surface area contributed by atoms with Gasteiger partial charge in [-0.05, 0) is 26.0 Å². The Labute approximate surface area is 123 Å². The Morgan fingerprint density at radius 2 is 2.10 bits per heavy atom. The van der Waals surface area contributed by atoms with Gasteiger partial charge in [0.1, 0.15) is 17.0 Å². The van der Waals surface area contributed by atoms with Gasteiger partial charge in [-0.25, -0.2) is 9.79 Å². The summed E-state index contributed by atoms with van der Waals surface area (Å²) in [7, 11) is 1.57. The summed E-state index contributed by atoms with van der Waals surface area (Å²) in [6, 6.07) is 7.36. The molecular formula is C16H17NO4. The van der Waals surface area contributed by atoms with Crippen LogP contribution < -0.4 is 4.74 Å². The zero-order chi connectivity index (χ0) is 15.4. The van der Waals surface area contributed by atoms with Crippen LogP contribution in [0.25, 0.3) is 6.08 Å². The van der Waals surface area contributed by atoms with E-state index in [1.54, 1.807) is 27.0 Å². The molecule has 0 aromatic heterocycles. The Hall–Kier alpha value is -2.56. The van der Waals surface area contributed by atoms with Crippen molar-refractivity contribution in [1.29, 1.82) is 0 Å². The number of ether oxygens (including phenoxy) is 2. The highest BCUT2D eigenvalue weighted by molar-refractivity contribution is 6.22. The van der Waals surface area contributed by atoms with Crippen molar-refractivity contribution in [1.82, 2.24) is 0 Å². The van der Waals surface area contributed by atoms with Crippen molar-refractivity contribution in [2.24, 2.45) is 4.99 Å². The summed E-state index contributed by atoms with van der Waals surface area (Å²) in [4.78, 5) is 16.0. The molecule has 21 heavy (non-hydrogen) atoms. The lowest BCUT2D eigenvalue weighted by molar-refractivity contribution is -0.138. The van der Waals surface area contributed by atoms with Crippen LogP contribution in [0.1, 0.15) is 19.4 Å². The standard InChI is InChI=1S/C16H17NO4/c1-4-21-16(19)14-10(2)17-12(15(14)18)9-11-7-5-6-8-13(11)20-3/h5-9,18H,4H2,1-3H3/b12-9-. The summed E-state index contributed by atoms with van der Waals surface area (Å²) in [5.41, 5.74) is 1.63. The summed E-state index contributed by atoms with van der Waals surface area (Å²) >= 11 is 0. The largest absolute Gasteiger partial charge is 0.505 e. The lowest BCUT2D eigenvalue weighted by atomic mass is 10.1. The number of rotatable bonds is 4. The number of hydrogen-bond donors (Lipinski definition) is 1. The van der Waals surface area contributed by atoms with Crippen LogP contribution in [-0.2, 0) is 9.53 Å². The van der Waals surface area contributed by atoms with Crippen LogP contribution in [0.2, 0.25) is 0 Å². The molecule has 0 atom stereocenters. The average Bonchev–Trinajstić information content (AvgIpc) is 2.74. The SMILES string of the molecule is CCOC(=O)C1=C(O)/C(=C/c2ccccc2OC)N=C1C. The number of nitrogens with zero attached hydrogens (tertiary/aromatic N) is 1. The fourth-order valence-electron chi connectivity index (χ4n) is 2.07. The molecule has 0 saturated heterocycles. The van der Waals surface area contributed by atoms with Crippen LogP contribution in [0.4, 0.5) is 0 Å². The Morgan fingerprint density at radius 1 is 1.38 bits per heavy atom. The van der Waals surface area contributed by atoms with E-state index in [0.717, 1.165) is 5.56 Å². The van der Waals surface area contributed by atoms with Gasteiger partial charge in [-0.15, -0.1) is 0 Å². The minimum Gasteiger partial charge on any atom is -0.505 e. The normalized spacial score (nSPS) is 16.1. The highest BCUT2D eigenvalue weighted by atomic mass is 16.5. The quantitative estimate of drug-likeness (QED) is 0.865. The molecule has 0 aliphatic carbocycles. The number of esters is 1. The van der Waals surface area contributed by atoms with E-state index < -0.39 is 5.97 Å². The molecule has 1 heterocycles. The molecule has 0 amide bonds. The molecule has 1 aliphatic rings. The number of carbonyl (C=O) groups excluding carboxylic acids is 1. The van der Waals surface area contributed by atoms with Crippen LogP contribution in [0, 0.1) is 0 Å². The maximum Gasteiger partial charge on any atom is 0.343 e. The maximum absolute atomic E-state index is 11.8. The third kappa shape index (κ3) is 2.97. The number of para-hydroxylation sites is 1. The van der Waals surface area contributed by atoms with E-state index in [9.17, 15) is 9.90 Å². The first-order valence-corrected chi connectivity index (χ1v) is 6.59. The van der Waals surface area contributed by atoms with Gasteiger partial charge in [-0.1, -0.05) is 18.2 Å². The third-order valence-electron chi connectivity index (χ3n) is 3.04. The number of aliphatic hydroxyl groups excluding tert-OH is 1. The van der Waals surface area contributed by atoms with Gasteiger partial charge in [-0.3, -0.25) is 0 Å². The van der Waals surface area contributed by atoms with E-state index in [1.165, 1.54) is 0 Å². The van der Waals surface area contributed by atoms with Gasteiger partial charge in [-0.2, -0.15) is 0 Å². The molecule has 0 unspecified atom stereocenters. The van der Waals surface area contributed by atoms with E-state index in [1.807, 2.05) is 24.3 Å². The van der Waals surface area contributed by atoms with Crippen LogP contribution in [0.5, 0.6) is 5.75 Å². The van der Waals surface area contributed by atoms with Gasteiger partial charge >= 0.3 is 5.97 Å². The van der Waals surface area contributed by atoms with Gasteiger partial charge in [0.15, 0.2) is 5.76 Å². The monoisotopic (exact) mass is 287 g/mol. The first-order valence-electron chi connectivity index (χ1n) is 6.59. The summed E-state index contributed by atoms with van der Waals surface area (Å²) in [5.74, 6) is -0.0771. The van der Waals surface area contributed by atoms with E-state index in [-0.39, 0.29) is 17.9 Å². The van der Waals surface area contributed by atoms with Crippen LogP contribution in [0.15, 0.2) is 46.3 Å². The predicted molar refractivity (Wildman–Crippen MR) is 80.4 cm³/mol. The van der Waals surface area contributed by atoms with Crippen molar-refractivity contribution < 1.29 is 19.4 Å². The Kier molecular flexibility index (Phi) is 4.42. The average molecular weight is 287 g/mol. The number of benzene rings is 1. The van der Waals surface area contributed by atoms with Crippen molar-refractivity contribution in [3.63, 3.8) is 0 Å². The molecule has 1 aliphatic heterocycles. The van der Waals surface area contributed by atoms with Crippen molar-refractivity contribution in [2.75, 3.05) is 13.7 Å². The second-order valence-corrected chi connectivity index (χ2v) is 4.41. The second kappa shape index (κ2) is 6.26. The number of methoxy groups -OCH3 is 1. The fraction of sp³-hybridized carbons (Fsp3) is 0.250. The fourth-order valence-corrected chi connectivity index (χ4v) is 2.07. The smallest absolute Gasteiger partial charge is 0.343 e. The summed E-state index contributed by atoms with van der Waals surface area (Å²) in [6.45, 7) is 3.61. The first kappa shape index (κ1) is 14.8. The molecule has 0 spiro atoms. The number of carbonyl (C=O) groups is 1. The topological polar surface area (TPSA) is 68.1 Å². The van der Waals surface area contributed by atoms with Gasteiger partial charge in [0.05, 0.1) is 19.4 Å². The van der Waals surface area contributed by atoms with Crippen molar-refractivity contribution in [2.45, 2.75) is 13.8 Å². The molecule has 0 bridgehead atoms. The van der Waals surface area contributed by atoms with E-state index >= 15 is 0 Å². The van der Waals surface area contributed by atoms with Crippen molar-refractivity contribution in [3.05, 3.63) is 46.9 Å². The lowest BCUT2D eigenvalue weighted by Gasteiger charge is -2.05. The summed E-state index contributed by atoms with van der Waals surface area (Å²) < 4.78 is 10.2. The molecule has 110 valence electrons. The molecule has 1 N–H and O–H groups in total. The molecule has 1 aromatic carbocycles. The van der Waals surface area contributed by atoms with E-state index in [2.05, 4.69) is 4.99 Å². The van der Waals surface area contributed by atoms with Gasteiger partial charge in [0, 0.05) is 5.56 Å². The number of aliphatic hydroxyl groups is 1. The minimum atomic E-state index is -0.570. The van der Waals surface area contributed by atoms with E-state index in [0.29, 0.717) is 17.2 Å². The Morgan fingerprint density at radius 3 is 2.76 bits per heavy atom. The third-order valence-corrected chi connectivity index (χ3v) is 3.04. The highest BCUT2D eigenvalue weighted by Crippen LogP contribution is 2.28. The van der Waals surface area contributed by atoms with Crippen LogP contribution in [-0.4, -0.2) is 30.5 Å².